The van der Waals surface area contributed by atoms with Crippen LogP contribution in [-0.2, 0) is 6.42 Å². The van der Waals surface area contributed by atoms with Gasteiger partial charge in [-0.25, -0.2) is 0 Å². The molecular weight excluding hydrogens is 182 g/mol. The van der Waals surface area contributed by atoms with E-state index in [4.69, 9.17) is 5.41 Å². The van der Waals surface area contributed by atoms with Gasteiger partial charge in [-0.05, 0) is 11.1 Å². The average Bonchev–Trinajstić information content (AvgIpc) is 2.31. The Kier molecular flexibility index (Phi) is 2.93. The van der Waals surface area contributed by atoms with Crippen LogP contribution in [0.4, 0.5) is 0 Å². The van der Waals surface area contributed by atoms with Gasteiger partial charge < -0.3 is 5.41 Å². The SMILES string of the molecule is N=C(Cc1ccccc1)c1ccccc1. The van der Waals surface area contributed by atoms with Crippen molar-refractivity contribution in [2.24, 2.45) is 0 Å². The van der Waals surface area contributed by atoms with Crippen LogP contribution < -0.4 is 0 Å². The highest BCUT2D eigenvalue weighted by Crippen LogP contribution is 2.06. The van der Waals surface area contributed by atoms with E-state index >= 15 is 0 Å². The fourth-order valence-corrected chi connectivity index (χ4v) is 1.54. The Bertz CT molecular complexity index is 431. The lowest BCUT2D eigenvalue weighted by atomic mass is 10.0. The zero-order valence-corrected chi connectivity index (χ0v) is 8.48. The average molecular weight is 195 g/mol. The molecule has 0 fully saturated rings. The Hall–Kier alpha value is -1.89. The van der Waals surface area contributed by atoms with Crippen LogP contribution in [0.3, 0.4) is 0 Å². The van der Waals surface area contributed by atoms with Crippen LogP contribution in [0.5, 0.6) is 0 Å². The van der Waals surface area contributed by atoms with Crippen molar-refractivity contribution in [2.45, 2.75) is 6.42 Å². The summed E-state index contributed by atoms with van der Waals surface area (Å²) in [6.07, 6.45) is 0.699. The molecule has 0 atom stereocenters. The van der Waals surface area contributed by atoms with Crippen LogP contribution in [0, 0.1) is 5.41 Å². The zero-order chi connectivity index (χ0) is 10.5. The number of benzene rings is 2. The highest BCUT2D eigenvalue weighted by Gasteiger charge is 2.00. The number of hydrogen-bond acceptors (Lipinski definition) is 1. The maximum absolute atomic E-state index is 7.97. The quantitative estimate of drug-likeness (QED) is 0.727. The lowest BCUT2D eigenvalue weighted by Crippen LogP contribution is -2.02. The van der Waals surface area contributed by atoms with Crippen molar-refractivity contribution in [3.05, 3.63) is 71.8 Å². The van der Waals surface area contributed by atoms with Crippen molar-refractivity contribution in [3.63, 3.8) is 0 Å². The van der Waals surface area contributed by atoms with Gasteiger partial charge in [0.05, 0.1) is 0 Å². The van der Waals surface area contributed by atoms with E-state index in [1.807, 2.05) is 48.5 Å². The van der Waals surface area contributed by atoms with Gasteiger partial charge in [0, 0.05) is 12.1 Å². The molecule has 0 spiro atoms. The molecule has 0 aliphatic rings. The second-order valence-corrected chi connectivity index (χ2v) is 3.51. The maximum Gasteiger partial charge on any atom is 0.0429 e. The predicted octanol–water partition coefficient (Wildman–Crippen LogP) is 3.30. The van der Waals surface area contributed by atoms with Gasteiger partial charge in [-0.1, -0.05) is 60.7 Å². The van der Waals surface area contributed by atoms with Crippen LogP contribution in [0.15, 0.2) is 60.7 Å². The van der Waals surface area contributed by atoms with Gasteiger partial charge in [0.2, 0.25) is 0 Å². The van der Waals surface area contributed by atoms with E-state index in [1.54, 1.807) is 0 Å². The third kappa shape index (κ3) is 2.53. The summed E-state index contributed by atoms with van der Waals surface area (Å²) in [4.78, 5) is 0. The molecule has 0 saturated heterocycles. The summed E-state index contributed by atoms with van der Waals surface area (Å²) in [7, 11) is 0. The monoisotopic (exact) mass is 195 g/mol. The Morgan fingerprint density at radius 3 is 1.93 bits per heavy atom. The molecule has 74 valence electrons. The highest BCUT2D eigenvalue weighted by atomic mass is 14.4. The van der Waals surface area contributed by atoms with E-state index in [0.29, 0.717) is 12.1 Å². The molecular formula is C14H13N. The van der Waals surface area contributed by atoms with E-state index in [-0.39, 0.29) is 0 Å². The first kappa shape index (κ1) is 9.66. The van der Waals surface area contributed by atoms with Crippen molar-refractivity contribution in [3.8, 4) is 0 Å². The van der Waals surface area contributed by atoms with Crippen LogP contribution in [-0.4, -0.2) is 5.71 Å². The largest absolute Gasteiger partial charge is 0.304 e. The lowest BCUT2D eigenvalue weighted by molar-refractivity contribution is 1.28. The topological polar surface area (TPSA) is 23.9 Å². The highest BCUT2D eigenvalue weighted by molar-refractivity contribution is 5.99. The summed E-state index contributed by atoms with van der Waals surface area (Å²) >= 11 is 0. The fraction of sp³-hybridized carbons (Fsp3) is 0.0714. The summed E-state index contributed by atoms with van der Waals surface area (Å²) < 4.78 is 0. The molecule has 1 N–H and O–H groups in total. The molecule has 0 unspecified atom stereocenters. The van der Waals surface area contributed by atoms with Crippen LogP contribution >= 0.6 is 0 Å². The molecule has 1 nitrogen and oxygen atoms in total. The minimum Gasteiger partial charge on any atom is -0.304 e. The minimum absolute atomic E-state index is 0.668. The molecule has 0 saturated carbocycles. The standard InChI is InChI=1S/C14H13N/c15-14(13-9-5-2-6-10-13)11-12-7-3-1-4-8-12/h1-10,15H,11H2. The van der Waals surface area contributed by atoms with Crippen molar-refractivity contribution < 1.29 is 0 Å². The Morgan fingerprint density at radius 1 is 0.800 bits per heavy atom. The molecule has 0 bridgehead atoms. The number of rotatable bonds is 3. The van der Waals surface area contributed by atoms with Crippen LogP contribution in [0.1, 0.15) is 11.1 Å². The van der Waals surface area contributed by atoms with Gasteiger partial charge >= 0.3 is 0 Å². The van der Waals surface area contributed by atoms with Crippen molar-refractivity contribution in [2.75, 3.05) is 0 Å². The molecule has 0 radical (unpaired) electrons. The molecule has 15 heavy (non-hydrogen) atoms. The van der Waals surface area contributed by atoms with Gasteiger partial charge in [0.25, 0.3) is 0 Å². The molecule has 0 aliphatic carbocycles. The first-order chi connectivity index (χ1) is 7.36. The lowest BCUT2D eigenvalue weighted by Gasteiger charge is -2.03. The van der Waals surface area contributed by atoms with Crippen molar-refractivity contribution in [1.82, 2.24) is 0 Å². The van der Waals surface area contributed by atoms with E-state index in [0.717, 1.165) is 5.56 Å². The second kappa shape index (κ2) is 4.56. The molecule has 2 aromatic rings. The van der Waals surface area contributed by atoms with E-state index in [1.165, 1.54) is 5.56 Å². The molecule has 0 aromatic heterocycles. The summed E-state index contributed by atoms with van der Waals surface area (Å²) in [5, 5.41) is 7.97. The van der Waals surface area contributed by atoms with E-state index < -0.39 is 0 Å². The summed E-state index contributed by atoms with van der Waals surface area (Å²) in [6.45, 7) is 0. The minimum atomic E-state index is 0.668. The third-order valence-corrected chi connectivity index (χ3v) is 2.35. The fourth-order valence-electron chi connectivity index (χ4n) is 1.54. The molecule has 0 aliphatic heterocycles. The van der Waals surface area contributed by atoms with Crippen LogP contribution in [0.2, 0.25) is 0 Å². The van der Waals surface area contributed by atoms with E-state index in [2.05, 4.69) is 12.1 Å². The first-order valence-corrected chi connectivity index (χ1v) is 5.03. The van der Waals surface area contributed by atoms with Crippen molar-refractivity contribution >= 4 is 5.71 Å². The molecule has 2 rings (SSSR count). The summed E-state index contributed by atoms with van der Waals surface area (Å²) in [5.74, 6) is 0. The molecule has 2 aromatic carbocycles. The Morgan fingerprint density at radius 2 is 1.33 bits per heavy atom. The summed E-state index contributed by atoms with van der Waals surface area (Å²) in [5.41, 5.74) is 2.86. The first-order valence-electron chi connectivity index (χ1n) is 5.03. The molecule has 0 amide bonds. The van der Waals surface area contributed by atoms with E-state index in [9.17, 15) is 0 Å². The molecule has 0 heterocycles. The maximum atomic E-state index is 7.97. The van der Waals surface area contributed by atoms with Crippen LogP contribution in [0.25, 0.3) is 0 Å². The Labute approximate surface area is 89.9 Å². The van der Waals surface area contributed by atoms with Gasteiger partial charge in [-0.3, -0.25) is 0 Å². The second-order valence-electron chi connectivity index (χ2n) is 3.51. The van der Waals surface area contributed by atoms with Gasteiger partial charge in [0.15, 0.2) is 0 Å². The number of nitrogens with one attached hydrogen (secondary N) is 1. The smallest absolute Gasteiger partial charge is 0.0429 e. The predicted molar refractivity (Wildman–Crippen MR) is 63.4 cm³/mol. The third-order valence-electron chi connectivity index (χ3n) is 2.35. The van der Waals surface area contributed by atoms with Gasteiger partial charge in [0.1, 0.15) is 0 Å². The van der Waals surface area contributed by atoms with Crippen molar-refractivity contribution in [1.29, 1.82) is 5.41 Å². The summed E-state index contributed by atoms with van der Waals surface area (Å²) in [6, 6.07) is 20.0. The molecule has 1 heteroatoms. The zero-order valence-electron chi connectivity index (χ0n) is 8.48. The normalized spacial score (nSPS) is 9.87. The number of hydrogen-bond donors (Lipinski definition) is 1. The van der Waals surface area contributed by atoms with Gasteiger partial charge in [-0.2, -0.15) is 0 Å². The van der Waals surface area contributed by atoms with Gasteiger partial charge in [-0.15, -0.1) is 0 Å². The Balaban J connectivity index is 2.12.